The number of nitrogens with one attached hydrogen (secondary N) is 2. The Bertz CT molecular complexity index is 507. The minimum atomic E-state index is -1.20. The van der Waals surface area contributed by atoms with Crippen molar-refractivity contribution in [2.45, 2.75) is 31.8 Å². The summed E-state index contributed by atoms with van der Waals surface area (Å²) in [6.07, 6.45) is 4.27. The first kappa shape index (κ1) is 13.1. The lowest BCUT2D eigenvalue weighted by Crippen LogP contribution is -2.29. The van der Waals surface area contributed by atoms with Gasteiger partial charge >= 0.3 is 5.97 Å². The van der Waals surface area contributed by atoms with Crippen molar-refractivity contribution in [2.24, 2.45) is 0 Å². The van der Waals surface area contributed by atoms with Gasteiger partial charge in [0.05, 0.1) is 11.9 Å². The number of carbonyl (C=O) groups is 3. The largest absolute Gasteiger partial charge is 0.481 e. The third-order valence-electron chi connectivity index (χ3n) is 2.48. The van der Waals surface area contributed by atoms with Gasteiger partial charge in [-0.25, -0.2) is 0 Å². The summed E-state index contributed by atoms with van der Waals surface area (Å²) in [7, 11) is 0. The van der Waals surface area contributed by atoms with E-state index in [0.717, 1.165) is 12.8 Å². The third kappa shape index (κ3) is 4.41. The van der Waals surface area contributed by atoms with E-state index in [1.165, 1.54) is 17.1 Å². The molecule has 0 aliphatic heterocycles. The Balaban J connectivity index is 1.82. The second kappa shape index (κ2) is 5.51. The summed E-state index contributed by atoms with van der Waals surface area (Å²) in [5, 5.41) is 17.5. The predicted octanol–water partition coefficient (Wildman–Crippen LogP) is -0.425. The summed E-state index contributed by atoms with van der Waals surface area (Å²) in [5.74, 6) is -1.96. The van der Waals surface area contributed by atoms with Crippen LogP contribution in [0.5, 0.6) is 0 Å². The van der Waals surface area contributed by atoms with Gasteiger partial charge in [0.15, 0.2) is 0 Å². The predicted molar refractivity (Wildman–Crippen MR) is 64.3 cm³/mol. The van der Waals surface area contributed by atoms with Gasteiger partial charge in [-0.05, 0) is 12.8 Å². The molecule has 2 rings (SSSR count). The van der Waals surface area contributed by atoms with Crippen molar-refractivity contribution < 1.29 is 19.5 Å². The van der Waals surface area contributed by atoms with E-state index >= 15 is 0 Å². The number of rotatable bonds is 6. The SMILES string of the molecule is O=C(O)CC(=O)Nc1cnn(CC(=O)NC2CC2)c1. The number of anilines is 1. The Labute approximate surface area is 108 Å². The first-order valence-corrected chi connectivity index (χ1v) is 5.86. The van der Waals surface area contributed by atoms with E-state index in [1.54, 1.807) is 0 Å². The number of amides is 2. The maximum atomic E-state index is 11.5. The fourth-order valence-corrected chi connectivity index (χ4v) is 1.51. The molecule has 0 bridgehead atoms. The van der Waals surface area contributed by atoms with E-state index in [0.29, 0.717) is 5.69 Å². The number of nitrogens with zero attached hydrogens (tertiary/aromatic N) is 2. The minimum Gasteiger partial charge on any atom is -0.481 e. The average Bonchev–Trinajstić information content (AvgIpc) is 2.98. The quantitative estimate of drug-likeness (QED) is 0.605. The molecule has 19 heavy (non-hydrogen) atoms. The lowest BCUT2D eigenvalue weighted by atomic mass is 10.4. The molecule has 1 aliphatic carbocycles. The molecule has 0 aromatic carbocycles. The lowest BCUT2D eigenvalue weighted by molar-refractivity contribution is -0.139. The molecule has 8 nitrogen and oxygen atoms in total. The Morgan fingerprint density at radius 2 is 2.11 bits per heavy atom. The zero-order valence-corrected chi connectivity index (χ0v) is 10.1. The van der Waals surface area contributed by atoms with Crippen LogP contribution in [-0.2, 0) is 20.9 Å². The molecule has 1 heterocycles. The van der Waals surface area contributed by atoms with Crippen molar-refractivity contribution in [3.05, 3.63) is 12.4 Å². The van der Waals surface area contributed by atoms with E-state index in [-0.39, 0.29) is 18.5 Å². The van der Waals surface area contributed by atoms with Crippen LogP contribution in [0.2, 0.25) is 0 Å². The smallest absolute Gasteiger partial charge is 0.312 e. The molecule has 2 amide bonds. The number of hydrogen-bond donors (Lipinski definition) is 3. The molecule has 0 radical (unpaired) electrons. The molecule has 0 spiro atoms. The summed E-state index contributed by atoms with van der Waals surface area (Å²) >= 11 is 0. The van der Waals surface area contributed by atoms with Crippen molar-refractivity contribution in [1.82, 2.24) is 15.1 Å². The molecule has 102 valence electrons. The average molecular weight is 266 g/mol. The Kier molecular flexibility index (Phi) is 3.79. The molecule has 1 aromatic heterocycles. The number of carboxylic acid groups (broad SMARTS) is 1. The van der Waals surface area contributed by atoms with Gasteiger partial charge in [-0.2, -0.15) is 5.10 Å². The molecule has 0 unspecified atom stereocenters. The molecule has 1 saturated carbocycles. The number of hydrogen-bond acceptors (Lipinski definition) is 4. The van der Waals surface area contributed by atoms with Gasteiger partial charge in [-0.3, -0.25) is 19.1 Å². The van der Waals surface area contributed by atoms with Crippen LogP contribution in [-0.4, -0.2) is 38.7 Å². The maximum Gasteiger partial charge on any atom is 0.312 e. The van der Waals surface area contributed by atoms with Crippen LogP contribution in [0, 0.1) is 0 Å². The van der Waals surface area contributed by atoms with Crippen molar-refractivity contribution in [3.63, 3.8) is 0 Å². The second-order valence-corrected chi connectivity index (χ2v) is 4.39. The van der Waals surface area contributed by atoms with Crippen molar-refractivity contribution >= 4 is 23.5 Å². The van der Waals surface area contributed by atoms with Gasteiger partial charge in [-0.15, -0.1) is 0 Å². The van der Waals surface area contributed by atoms with E-state index in [4.69, 9.17) is 5.11 Å². The van der Waals surface area contributed by atoms with Crippen molar-refractivity contribution in [2.75, 3.05) is 5.32 Å². The topological polar surface area (TPSA) is 113 Å². The van der Waals surface area contributed by atoms with E-state index in [1.807, 2.05) is 0 Å². The molecule has 8 heteroatoms. The summed E-state index contributed by atoms with van der Waals surface area (Å²) in [4.78, 5) is 33.0. The highest BCUT2D eigenvalue weighted by Gasteiger charge is 2.23. The van der Waals surface area contributed by atoms with Gasteiger partial charge < -0.3 is 15.7 Å². The lowest BCUT2D eigenvalue weighted by Gasteiger charge is -2.02. The highest BCUT2D eigenvalue weighted by Crippen LogP contribution is 2.18. The summed E-state index contributed by atoms with van der Waals surface area (Å²) in [5.41, 5.74) is 0.366. The van der Waals surface area contributed by atoms with Crippen LogP contribution in [0.15, 0.2) is 12.4 Å². The Morgan fingerprint density at radius 1 is 1.37 bits per heavy atom. The highest BCUT2D eigenvalue weighted by atomic mass is 16.4. The normalized spacial score (nSPS) is 13.9. The first-order chi connectivity index (χ1) is 9.02. The van der Waals surface area contributed by atoms with Crippen LogP contribution in [0.25, 0.3) is 0 Å². The molecular weight excluding hydrogens is 252 g/mol. The summed E-state index contributed by atoms with van der Waals surface area (Å²) in [6.45, 7) is 0.0747. The molecule has 1 aromatic rings. The molecule has 0 saturated heterocycles. The number of aromatic nitrogens is 2. The Morgan fingerprint density at radius 3 is 2.74 bits per heavy atom. The molecule has 1 aliphatic rings. The van der Waals surface area contributed by atoms with Gasteiger partial charge in [0.1, 0.15) is 13.0 Å². The van der Waals surface area contributed by atoms with Crippen LogP contribution in [0.3, 0.4) is 0 Å². The Hall–Kier alpha value is -2.38. The number of aliphatic carboxylic acids is 1. The van der Waals surface area contributed by atoms with Crippen LogP contribution >= 0.6 is 0 Å². The first-order valence-electron chi connectivity index (χ1n) is 5.86. The fourth-order valence-electron chi connectivity index (χ4n) is 1.51. The van der Waals surface area contributed by atoms with Crippen molar-refractivity contribution in [3.8, 4) is 0 Å². The maximum absolute atomic E-state index is 11.5. The fraction of sp³-hybridized carbons (Fsp3) is 0.455. The molecular formula is C11H14N4O4. The molecule has 3 N–H and O–H groups in total. The minimum absolute atomic E-state index is 0.0747. The van der Waals surface area contributed by atoms with Crippen molar-refractivity contribution in [1.29, 1.82) is 0 Å². The summed E-state index contributed by atoms with van der Waals surface area (Å²) in [6, 6.07) is 0.290. The van der Waals surface area contributed by atoms with E-state index < -0.39 is 18.3 Å². The van der Waals surface area contributed by atoms with Gasteiger partial charge in [0.2, 0.25) is 11.8 Å². The van der Waals surface area contributed by atoms with E-state index in [9.17, 15) is 14.4 Å². The number of carboxylic acids is 1. The molecule has 0 atom stereocenters. The zero-order chi connectivity index (χ0) is 13.8. The van der Waals surface area contributed by atoms with Crippen LogP contribution < -0.4 is 10.6 Å². The second-order valence-electron chi connectivity index (χ2n) is 4.39. The summed E-state index contributed by atoms with van der Waals surface area (Å²) < 4.78 is 1.38. The zero-order valence-electron chi connectivity index (χ0n) is 10.1. The monoisotopic (exact) mass is 266 g/mol. The molecule has 1 fully saturated rings. The van der Waals surface area contributed by atoms with Crippen LogP contribution in [0.4, 0.5) is 5.69 Å². The number of carbonyl (C=O) groups excluding carboxylic acids is 2. The highest BCUT2D eigenvalue weighted by molar-refractivity contribution is 6.01. The van der Waals surface area contributed by atoms with E-state index in [2.05, 4.69) is 15.7 Å². The van der Waals surface area contributed by atoms with Gasteiger partial charge in [0.25, 0.3) is 0 Å². The van der Waals surface area contributed by atoms with Crippen LogP contribution in [0.1, 0.15) is 19.3 Å². The van der Waals surface area contributed by atoms with Gasteiger partial charge in [0, 0.05) is 12.2 Å². The standard InChI is InChI=1S/C11H14N4O4/c16-9(3-11(18)19)14-8-4-12-15(5-8)6-10(17)13-7-1-2-7/h4-5,7H,1-3,6H2,(H,13,17)(H,14,16)(H,18,19). The van der Waals surface area contributed by atoms with Gasteiger partial charge in [-0.1, -0.05) is 0 Å². The third-order valence-corrected chi connectivity index (χ3v) is 2.48.